The number of carbonyl (C=O) groups excluding carboxylic acids is 6. The summed E-state index contributed by atoms with van der Waals surface area (Å²) in [7, 11) is 0. The first-order chi connectivity index (χ1) is 37.1. The first-order valence-electron chi connectivity index (χ1n) is 25.9. The van der Waals surface area contributed by atoms with Crippen LogP contribution in [0.2, 0.25) is 0 Å². The number of alkyl carbamates (subject to hydrolysis) is 3. The van der Waals surface area contributed by atoms with E-state index in [1.165, 1.54) is 69.2 Å². The van der Waals surface area contributed by atoms with Crippen LogP contribution >= 0.6 is 15.9 Å². The summed E-state index contributed by atoms with van der Waals surface area (Å²) in [5, 5.41) is 11.6. The number of ether oxygens (including phenoxy) is 5. The fourth-order valence-corrected chi connectivity index (χ4v) is 6.62. The zero-order valence-electron chi connectivity index (χ0n) is 48.3. The number of hydrogen-bond donors (Lipinski definition) is 4. The summed E-state index contributed by atoms with van der Waals surface area (Å²) in [5.41, 5.74) is 0.674. The number of aromatic nitrogens is 2. The number of carbonyl (C=O) groups is 6. The molecule has 0 aliphatic heterocycles. The van der Waals surface area contributed by atoms with Crippen molar-refractivity contribution < 1.29 is 56.8 Å². The SMILES string of the molecule is C.C.CC(C)(C)OC(=O)NCCCBr.[C-]#[N+]C1=CC=C(C(=O)OCC)C1.[C-]#[N+]c1ccc(C(=O)N[C@@H](C)c2ccccc2F)n1CCCNC(=O)OC(C)(C)C.[C-]#[N+]c1ccc(C(=O)OCC)n1CCCNC(=O)OC(C)(C)C.[K][K]. The van der Waals surface area contributed by atoms with Gasteiger partial charge < -0.3 is 54.6 Å². The van der Waals surface area contributed by atoms with Gasteiger partial charge in [0.25, 0.3) is 5.91 Å². The van der Waals surface area contributed by atoms with Crippen molar-refractivity contribution in [2.45, 2.75) is 160 Å². The van der Waals surface area contributed by atoms with Crippen molar-refractivity contribution in [2.75, 3.05) is 38.2 Å². The quantitative estimate of drug-likeness (QED) is 0.0234. The van der Waals surface area contributed by atoms with Gasteiger partial charge in [0.15, 0.2) is 17.1 Å². The number of allylic oxidation sites excluding steroid dienone is 3. The number of halogens is 2. The number of benzene rings is 1. The monoisotopic (exact) mass is 1250 g/mol. The number of hydrogen-bond acceptors (Lipinski definition) is 11. The molecule has 0 saturated carbocycles. The van der Waals surface area contributed by atoms with Crippen LogP contribution in [0.4, 0.5) is 30.4 Å². The maximum atomic E-state index is 14.0. The van der Waals surface area contributed by atoms with Gasteiger partial charge in [0.1, 0.15) is 22.6 Å². The Bertz CT molecular complexity index is 2630. The minimum atomic E-state index is -0.581. The zero-order chi connectivity index (χ0) is 60.4. The van der Waals surface area contributed by atoms with Crippen molar-refractivity contribution in [1.29, 1.82) is 0 Å². The van der Waals surface area contributed by atoms with Gasteiger partial charge in [-0.05, 0) is 120 Å². The van der Waals surface area contributed by atoms with Crippen LogP contribution in [0.1, 0.15) is 156 Å². The van der Waals surface area contributed by atoms with Crippen LogP contribution in [0, 0.1) is 25.5 Å². The molecule has 1 aliphatic rings. The van der Waals surface area contributed by atoms with E-state index in [0.29, 0.717) is 98.5 Å². The standard InChI is InChI=1S/C22H27FN4O3.C16H23N3O4.C9H9NO2.C8H16BrNO2.2CH4.2K/c1-15(16-9-6-7-10-17(16)23)26-20(28)18-11-12-19(24-5)27(18)14-8-13-25-21(29)30-22(2,3)4;1-6-22-14(20)12-8-9-13(17-5)19(12)11-7-10-18-15(21)23-16(2,3)4;1-3-12-9(11)7-4-5-8(6-7)10-2;1-8(2,3)12-7(11)10-6-4-5-9;;;;/h6-7,9-12,15H,8,13-14H2,1-4H3,(H,25,29)(H,26,28);8-9H,6-7,10-11H2,1-4H3,(H,18,21);4-5H,3,6H2,1H3;4-6H2,1-3H3,(H,10,11);2*1H4;;/t15-;;;;;;;/m0......./s1. The van der Waals surface area contributed by atoms with Crippen molar-refractivity contribution in [3.8, 4) is 0 Å². The summed E-state index contributed by atoms with van der Waals surface area (Å²) in [6, 6.07) is 12.0. The van der Waals surface area contributed by atoms with Crippen molar-refractivity contribution in [1.82, 2.24) is 30.4 Å². The molecule has 0 radical (unpaired) electrons. The summed E-state index contributed by atoms with van der Waals surface area (Å²) in [5.74, 6) is -0.882. The van der Waals surface area contributed by atoms with Crippen LogP contribution in [0.25, 0.3) is 14.5 Å². The molecule has 3 aromatic rings. The third-order valence-electron chi connectivity index (χ3n) is 9.54. The Morgan fingerprint density at radius 3 is 1.46 bits per heavy atom. The van der Waals surface area contributed by atoms with E-state index in [1.807, 2.05) is 20.8 Å². The zero-order valence-corrected chi connectivity index (χ0v) is 56.2. The van der Waals surface area contributed by atoms with Crippen LogP contribution in [0.5, 0.6) is 0 Å². The van der Waals surface area contributed by atoms with Gasteiger partial charge in [-0.2, -0.15) is 0 Å². The van der Waals surface area contributed by atoms with Crippen molar-refractivity contribution in [3.63, 3.8) is 0 Å². The van der Waals surface area contributed by atoms with Crippen molar-refractivity contribution in [2.24, 2.45) is 0 Å². The van der Waals surface area contributed by atoms with E-state index in [2.05, 4.69) is 51.7 Å². The molecule has 438 valence electrons. The number of alkyl halides is 1. The molecule has 4 rings (SSSR count). The van der Waals surface area contributed by atoms with Gasteiger partial charge in [0.2, 0.25) is 11.6 Å². The second-order valence-corrected chi connectivity index (χ2v) is 20.3. The molecular formula is C57H83BrFK2N9O11. The van der Waals surface area contributed by atoms with E-state index in [-0.39, 0.29) is 33.5 Å². The fourth-order valence-electron chi connectivity index (χ4n) is 6.34. The van der Waals surface area contributed by atoms with Crippen LogP contribution in [-0.2, 0) is 41.6 Å². The average molecular weight is 1250 g/mol. The third kappa shape index (κ3) is 35.4. The summed E-state index contributed by atoms with van der Waals surface area (Å²) < 4.78 is 42.2. The number of rotatable bonds is 18. The Hall–Kier alpha value is -4.37. The predicted molar refractivity (Wildman–Crippen MR) is 319 cm³/mol. The molecule has 1 atom stereocenters. The van der Waals surface area contributed by atoms with Gasteiger partial charge in [-0.3, -0.25) is 13.9 Å². The molecule has 1 aromatic carbocycles. The van der Waals surface area contributed by atoms with Crippen molar-refractivity contribution >= 4 is 127 Å². The third-order valence-corrected chi connectivity index (χ3v) is 10.1. The summed E-state index contributed by atoms with van der Waals surface area (Å²) in [4.78, 5) is 80.0. The van der Waals surface area contributed by atoms with E-state index in [9.17, 15) is 33.2 Å². The van der Waals surface area contributed by atoms with Crippen molar-refractivity contribution in [3.05, 3.63) is 129 Å². The van der Waals surface area contributed by atoms with E-state index >= 15 is 0 Å². The molecule has 0 bridgehead atoms. The summed E-state index contributed by atoms with van der Waals surface area (Å²) in [6.45, 7) is 45.4. The molecule has 24 heteroatoms. The molecule has 0 unspecified atom stereocenters. The Balaban J connectivity index is -0.00000105. The van der Waals surface area contributed by atoms with Crippen LogP contribution < -0.4 is 21.3 Å². The number of nitrogens with zero attached hydrogens (tertiary/aromatic N) is 5. The second kappa shape index (κ2) is 43.3. The number of esters is 2. The number of amides is 4. The minimum absolute atomic E-state index is 0. The molecule has 2 heterocycles. The first kappa shape index (κ1) is 80.9. The first-order valence-corrected chi connectivity index (χ1v) is 43.0. The van der Waals surface area contributed by atoms with Gasteiger partial charge in [0, 0.05) is 55.4 Å². The Morgan fingerprint density at radius 2 is 1.06 bits per heavy atom. The van der Waals surface area contributed by atoms with Gasteiger partial charge in [-0.1, -0.05) is 74.3 Å². The van der Waals surface area contributed by atoms with E-state index in [4.69, 9.17) is 43.4 Å². The molecular weight excluding hydrogens is 1160 g/mol. The van der Waals surface area contributed by atoms with Crippen LogP contribution in [0.15, 0.2) is 72.0 Å². The summed E-state index contributed by atoms with van der Waals surface area (Å²) >= 11 is 5.77. The average Bonchev–Trinajstić information content (AvgIpc) is 4.15. The van der Waals surface area contributed by atoms with Crippen LogP contribution in [-0.4, -0.2) is 163 Å². The van der Waals surface area contributed by atoms with E-state index < -0.39 is 52.7 Å². The fraction of sp³-hybridized carbons (Fsp3) is 0.526. The van der Waals surface area contributed by atoms with E-state index in [0.717, 1.165) is 11.8 Å². The normalized spacial score (nSPS) is 11.4. The van der Waals surface area contributed by atoms with Gasteiger partial charge in [-0.15, -0.1) is 0 Å². The maximum absolute atomic E-state index is 14.0. The molecule has 0 fully saturated rings. The Labute approximate surface area is 534 Å². The molecule has 4 amide bonds. The topological polar surface area (TPSA) is 220 Å². The van der Waals surface area contributed by atoms with E-state index in [1.54, 1.807) is 126 Å². The van der Waals surface area contributed by atoms with Crippen LogP contribution in [0.3, 0.4) is 0 Å². The molecule has 2 aromatic heterocycles. The molecule has 20 nitrogen and oxygen atoms in total. The number of nitrogens with one attached hydrogen (secondary N) is 4. The predicted octanol–water partition coefficient (Wildman–Crippen LogP) is 12.2. The molecule has 4 N–H and O–H groups in total. The van der Waals surface area contributed by atoms with Gasteiger partial charge in [0.05, 0.1) is 38.9 Å². The molecule has 81 heavy (non-hydrogen) atoms. The van der Waals surface area contributed by atoms with Gasteiger partial charge >= 0.3 is 93.4 Å². The molecule has 0 spiro atoms. The Morgan fingerprint density at radius 1 is 0.642 bits per heavy atom. The molecule has 1 aliphatic carbocycles. The van der Waals surface area contributed by atoms with Gasteiger partial charge in [-0.25, -0.2) is 33.2 Å². The summed E-state index contributed by atoms with van der Waals surface area (Å²) in [6.07, 6.45) is 4.34. The molecule has 0 saturated heterocycles. The second-order valence-electron chi connectivity index (χ2n) is 19.5. The Kier molecular flexibility index (Phi) is 43.2.